The van der Waals surface area contributed by atoms with E-state index in [4.69, 9.17) is 10.9 Å². The molecule has 19 heavy (non-hydrogen) atoms. The van der Waals surface area contributed by atoms with Crippen LogP contribution in [0.2, 0.25) is 0 Å². The molecule has 0 spiro atoms. The van der Waals surface area contributed by atoms with Gasteiger partial charge in [-0.3, -0.25) is 0 Å². The molecule has 0 unspecified atom stereocenters. The third-order valence-electron chi connectivity index (χ3n) is 2.68. The standard InChI is InChI=1S/C12H19N3O3S/c1-3-4-10-5-7-11(8-6-10)19(17,18)15(2)9-12(13)14-16/h5-8,16H,3-4,9H2,1-2H3,(H2,13,14). The molecule has 0 aliphatic carbocycles. The fraction of sp³-hybridized carbons (Fsp3) is 0.417. The summed E-state index contributed by atoms with van der Waals surface area (Å²) in [5.74, 6) is -0.159. The Labute approximate surface area is 113 Å². The second kappa shape index (κ2) is 6.53. The Bertz CT molecular complexity index is 538. The van der Waals surface area contributed by atoms with Crippen molar-refractivity contribution in [1.82, 2.24) is 4.31 Å². The highest BCUT2D eigenvalue weighted by Gasteiger charge is 2.21. The van der Waals surface area contributed by atoms with Crippen molar-refractivity contribution >= 4 is 15.9 Å². The summed E-state index contributed by atoms with van der Waals surface area (Å²) in [6.45, 7) is 1.91. The summed E-state index contributed by atoms with van der Waals surface area (Å²) in [6, 6.07) is 6.74. The van der Waals surface area contributed by atoms with Crippen LogP contribution < -0.4 is 5.73 Å². The van der Waals surface area contributed by atoms with E-state index < -0.39 is 10.0 Å². The highest BCUT2D eigenvalue weighted by Crippen LogP contribution is 2.15. The maximum absolute atomic E-state index is 12.2. The van der Waals surface area contributed by atoms with Crippen molar-refractivity contribution in [3.8, 4) is 0 Å². The fourth-order valence-corrected chi connectivity index (χ4v) is 2.78. The van der Waals surface area contributed by atoms with E-state index in [0.29, 0.717) is 0 Å². The van der Waals surface area contributed by atoms with Crippen LogP contribution in [0.25, 0.3) is 0 Å². The van der Waals surface area contributed by atoms with E-state index in [1.165, 1.54) is 7.05 Å². The minimum atomic E-state index is -3.61. The van der Waals surface area contributed by atoms with Crippen molar-refractivity contribution < 1.29 is 13.6 Å². The predicted molar refractivity (Wildman–Crippen MR) is 73.7 cm³/mol. The monoisotopic (exact) mass is 285 g/mol. The quantitative estimate of drug-likeness (QED) is 0.353. The molecule has 0 saturated carbocycles. The van der Waals surface area contributed by atoms with Gasteiger partial charge in [0.05, 0.1) is 11.4 Å². The summed E-state index contributed by atoms with van der Waals surface area (Å²) in [6.07, 6.45) is 1.93. The Balaban J connectivity index is 2.93. The summed E-state index contributed by atoms with van der Waals surface area (Å²) >= 11 is 0. The zero-order chi connectivity index (χ0) is 14.5. The van der Waals surface area contributed by atoms with Gasteiger partial charge in [-0.1, -0.05) is 30.6 Å². The van der Waals surface area contributed by atoms with E-state index in [9.17, 15) is 8.42 Å². The number of nitrogens with zero attached hydrogens (tertiary/aromatic N) is 2. The number of oxime groups is 1. The number of nitrogens with two attached hydrogens (primary N) is 1. The van der Waals surface area contributed by atoms with Gasteiger partial charge in [0.1, 0.15) is 0 Å². The molecule has 3 N–H and O–H groups in total. The minimum Gasteiger partial charge on any atom is -0.409 e. The Kier molecular flexibility index (Phi) is 5.31. The number of rotatable bonds is 6. The van der Waals surface area contributed by atoms with Gasteiger partial charge >= 0.3 is 0 Å². The van der Waals surface area contributed by atoms with Crippen LogP contribution in [0.5, 0.6) is 0 Å². The molecule has 0 aromatic heterocycles. The lowest BCUT2D eigenvalue weighted by molar-refractivity contribution is 0.315. The molecule has 0 heterocycles. The fourth-order valence-electron chi connectivity index (χ4n) is 1.64. The van der Waals surface area contributed by atoms with Crippen molar-refractivity contribution in [2.45, 2.75) is 24.7 Å². The lowest BCUT2D eigenvalue weighted by Crippen LogP contribution is -2.35. The predicted octanol–water partition coefficient (Wildman–Crippen LogP) is 1.01. The van der Waals surface area contributed by atoms with Crippen LogP contribution in [-0.4, -0.2) is 37.4 Å². The number of hydrogen-bond acceptors (Lipinski definition) is 4. The number of benzene rings is 1. The molecule has 6 nitrogen and oxygen atoms in total. The summed E-state index contributed by atoms with van der Waals surface area (Å²) in [5.41, 5.74) is 6.40. The maximum Gasteiger partial charge on any atom is 0.243 e. The van der Waals surface area contributed by atoms with Crippen LogP contribution in [0.4, 0.5) is 0 Å². The third-order valence-corrected chi connectivity index (χ3v) is 4.50. The van der Waals surface area contributed by atoms with Crippen LogP contribution in [0.3, 0.4) is 0 Å². The van der Waals surface area contributed by atoms with E-state index in [-0.39, 0.29) is 17.3 Å². The number of amidine groups is 1. The van der Waals surface area contributed by atoms with Crippen LogP contribution in [0, 0.1) is 0 Å². The Morgan fingerprint density at radius 3 is 2.42 bits per heavy atom. The topological polar surface area (TPSA) is 96.0 Å². The van der Waals surface area contributed by atoms with E-state index >= 15 is 0 Å². The molecule has 106 valence electrons. The van der Waals surface area contributed by atoms with Gasteiger partial charge < -0.3 is 10.9 Å². The average molecular weight is 285 g/mol. The van der Waals surface area contributed by atoms with Crippen LogP contribution in [-0.2, 0) is 16.4 Å². The van der Waals surface area contributed by atoms with Gasteiger partial charge in [-0.05, 0) is 24.1 Å². The van der Waals surface area contributed by atoms with Crippen molar-refractivity contribution in [2.75, 3.05) is 13.6 Å². The molecular formula is C12H19N3O3S. The largest absolute Gasteiger partial charge is 0.409 e. The molecule has 0 saturated heterocycles. The van der Waals surface area contributed by atoms with Gasteiger partial charge in [-0.25, -0.2) is 8.42 Å². The average Bonchev–Trinajstić information content (AvgIpc) is 2.39. The first-order valence-corrected chi connectivity index (χ1v) is 7.37. The normalized spacial score (nSPS) is 12.9. The van der Waals surface area contributed by atoms with Gasteiger partial charge in [0.2, 0.25) is 10.0 Å². The van der Waals surface area contributed by atoms with E-state index in [0.717, 1.165) is 22.7 Å². The zero-order valence-electron chi connectivity index (χ0n) is 11.1. The van der Waals surface area contributed by atoms with Crippen molar-refractivity contribution in [2.24, 2.45) is 10.9 Å². The molecule has 0 amide bonds. The smallest absolute Gasteiger partial charge is 0.243 e. The molecule has 0 radical (unpaired) electrons. The maximum atomic E-state index is 12.2. The van der Waals surface area contributed by atoms with E-state index in [1.54, 1.807) is 24.3 Å². The summed E-state index contributed by atoms with van der Waals surface area (Å²) in [5, 5.41) is 11.2. The first-order chi connectivity index (χ1) is 8.91. The first kappa shape index (κ1) is 15.5. The van der Waals surface area contributed by atoms with Crippen molar-refractivity contribution in [3.63, 3.8) is 0 Å². The highest BCUT2D eigenvalue weighted by molar-refractivity contribution is 7.89. The second-order valence-electron chi connectivity index (χ2n) is 4.25. The summed E-state index contributed by atoms with van der Waals surface area (Å²) in [7, 11) is -2.23. The second-order valence-corrected chi connectivity index (χ2v) is 6.29. The summed E-state index contributed by atoms with van der Waals surface area (Å²) < 4.78 is 25.4. The highest BCUT2D eigenvalue weighted by atomic mass is 32.2. The van der Waals surface area contributed by atoms with Crippen LogP contribution in [0.15, 0.2) is 34.3 Å². The molecule has 0 bridgehead atoms. The Morgan fingerprint density at radius 2 is 1.95 bits per heavy atom. The van der Waals surface area contributed by atoms with Gasteiger partial charge in [-0.15, -0.1) is 0 Å². The molecule has 0 aliphatic rings. The minimum absolute atomic E-state index is 0.157. The van der Waals surface area contributed by atoms with Crippen LogP contribution in [0.1, 0.15) is 18.9 Å². The zero-order valence-corrected chi connectivity index (χ0v) is 11.9. The van der Waals surface area contributed by atoms with E-state index in [1.807, 2.05) is 0 Å². The van der Waals surface area contributed by atoms with Gasteiger partial charge in [0.25, 0.3) is 0 Å². The lowest BCUT2D eigenvalue weighted by atomic mass is 10.1. The molecule has 1 aromatic carbocycles. The van der Waals surface area contributed by atoms with Gasteiger partial charge in [-0.2, -0.15) is 4.31 Å². The lowest BCUT2D eigenvalue weighted by Gasteiger charge is -2.16. The molecule has 0 fully saturated rings. The molecule has 0 aliphatic heterocycles. The van der Waals surface area contributed by atoms with Crippen LogP contribution >= 0.6 is 0 Å². The SMILES string of the molecule is CCCc1ccc(S(=O)(=O)N(C)CC(N)=NO)cc1. The third kappa shape index (κ3) is 3.93. The molecule has 1 rings (SSSR count). The van der Waals surface area contributed by atoms with E-state index in [2.05, 4.69) is 12.1 Å². The summed E-state index contributed by atoms with van der Waals surface area (Å²) in [4.78, 5) is 0.195. The molecular weight excluding hydrogens is 266 g/mol. The number of hydrogen-bond donors (Lipinski definition) is 2. The molecule has 7 heteroatoms. The number of aryl methyl sites for hydroxylation is 1. The van der Waals surface area contributed by atoms with Gasteiger partial charge in [0, 0.05) is 7.05 Å². The van der Waals surface area contributed by atoms with Crippen molar-refractivity contribution in [3.05, 3.63) is 29.8 Å². The van der Waals surface area contributed by atoms with Gasteiger partial charge in [0.15, 0.2) is 5.84 Å². The molecule has 1 aromatic rings. The van der Waals surface area contributed by atoms with Crippen molar-refractivity contribution in [1.29, 1.82) is 0 Å². The number of sulfonamides is 1. The molecule has 0 atom stereocenters. The number of likely N-dealkylation sites (N-methyl/N-ethyl adjacent to an activating group) is 1. The Morgan fingerprint density at radius 1 is 1.37 bits per heavy atom. The first-order valence-electron chi connectivity index (χ1n) is 5.93. The Hall–Kier alpha value is -1.60.